The molecule has 1 aliphatic rings. The molecule has 1 saturated heterocycles. The van der Waals surface area contributed by atoms with Gasteiger partial charge in [0.05, 0.1) is 17.4 Å². The Morgan fingerprint density at radius 3 is 2.75 bits per heavy atom. The second-order valence-electron chi connectivity index (χ2n) is 6.40. The van der Waals surface area contributed by atoms with Crippen molar-refractivity contribution >= 4 is 17.3 Å². The van der Waals surface area contributed by atoms with Crippen LogP contribution in [-0.4, -0.2) is 24.0 Å². The van der Waals surface area contributed by atoms with Gasteiger partial charge in [0.1, 0.15) is 0 Å². The van der Waals surface area contributed by atoms with E-state index in [4.69, 9.17) is 0 Å². The van der Waals surface area contributed by atoms with E-state index in [0.717, 1.165) is 42.0 Å². The first kappa shape index (κ1) is 16.5. The lowest BCUT2D eigenvalue weighted by molar-refractivity contribution is 0.102. The van der Waals surface area contributed by atoms with E-state index in [2.05, 4.69) is 28.2 Å². The summed E-state index contributed by atoms with van der Waals surface area (Å²) in [6.45, 7) is 6.22. The highest BCUT2D eigenvalue weighted by Gasteiger charge is 2.15. The molecule has 1 aromatic heterocycles. The molecule has 0 unspecified atom stereocenters. The number of hydrogen-bond acceptors (Lipinski definition) is 3. The summed E-state index contributed by atoms with van der Waals surface area (Å²) in [5.74, 6) is -0.0923. The van der Waals surface area contributed by atoms with Crippen molar-refractivity contribution in [2.24, 2.45) is 0 Å². The summed E-state index contributed by atoms with van der Waals surface area (Å²) in [4.78, 5) is 19.3. The van der Waals surface area contributed by atoms with Crippen molar-refractivity contribution < 1.29 is 4.79 Å². The minimum atomic E-state index is -0.0923. The first-order valence-electron chi connectivity index (χ1n) is 8.79. The van der Waals surface area contributed by atoms with Crippen molar-refractivity contribution in [3.05, 3.63) is 53.3 Å². The predicted molar refractivity (Wildman–Crippen MR) is 98.8 cm³/mol. The van der Waals surface area contributed by atoms with E-state index in [9.17, 15) is 4.79 Å². The Bertz CT molecular complexity index is 721. The molecular weight excluding hydrogens is 298 g/mol. The number of benzene rings is 1. The van der Waals surface area contributed by atoms with Crippen molar-refractivity contribution in [1.82, 2.24) is 4.98 Å². The number of piperidine rings is 1. The van der Waals surface area contributed by atoms with Crippen LogP contribution >= 0.6 is 0 Å². The van der Waals surface area contributed by atoms with Crippen LogP contribution in [0, 0.1) is 6.92 Å². The molecule has 0 aliphatic carbocycles. The molecule has 2 aromatic rings. The highest BCUT2D eigenvalue weighted by molar-refractivity contribution is 6.05. The third-order valence-corrected chi connectivity index (χ3v) is 4.69. The van der Waals surface area contributed by atoms with Gasteiger partial charge in [-0.15, -0.1) is 0 Å². The number of aryl methyl sites for hydroxylation is 2. The predicted octanol–water partition coefficient (Wildman–Crippen LogP) is 4.20. The second kappa shape index (κ2) is 7.47. The number of carbonyl (C=O) groups excluding carboxylic acids is 1. The summed E-state index contributed by atoms with van der Waals surface area (Å²) in [6.07, 6.45) is 8.10. The zero-order chi connectivity index (χ0) is 16.9. The monoisotopic (exact) mass is 323 g/mol. The number of hydrogen-bond donors (Lipinski definition) is 1. The third-order valence-electron chi connectivity index (χ3n) is 4.69. The third kappa shape index (κ3) is 3.58. The standard InChI is InChI=1S/C20H25N3O/c1-3-16-9-7-8-15(2)19(16)22-20(24)17-12-18(14-21-13-17)23-10-5-4-6-11-23/h7-9,12-14H,3-6,10-11H2,1-2H3,(H,22,24). The molecule has 0 atom stereocenters. The number of rotatable bonds is 4. The topological polar surface area (TPSA) is 45.2 Å². The summed E-state index contributed by atoms with van der Waals surface area (Å²) in [7, 11) is 0. The molecule has 0 radical (unpaired) electrons. The average Bonchev–Trinajstić information content (AvgIpc) is 2.64. The number of amides is 1. The Balaban J connectivity index is 1.81. The molecule has 1 N–H and O–H groups in total. The number of nitrogens with zero attached hydrogens (tertiary/aromatic N) is 2. The van der Waals surface area contributed by atoms with E-state index in [1.54, 1.807) is 6.20 Å². The fourth-order valence-corrected chi connectivity index (χ4v) is 3.26. The van der Waals surface area contributed by atoms with Gasteiger partial charge in [-0.2, -0.15) is 0 Å². The summed E-state index contributed by atoms with van der Waals surface area (Å²) >= 11 is 0. The molecule has 126 valence electrons. The largest absolute Gasteiger partial charge is 0.370 e. The number of anilines is 2. The lowest BCUT2D eigenvalue weighted by atomic mass is 10.1. The van der Waals surface area contributed by atoms with Crippen LogP contribution in [0.2, 0.25) is 0 Å². The molecule has 4 heteroatoms. The number of nitrogens with one attached hydrogen (secondary N) is 1. The van der Waals surface area contributed by atoms with Gasteiger partial charge in [-0.1, -0.05) is 25.1 Å². The first-order chi connectivity index (χ1) is 11.7. The average molecular weight is 323 g/mol. The Kier molecular flexibility index (Phi) is 5.14. The van der Waals surface area contributed by atoms with Gasteiger partial charge >= 0.3 is 0 Å². The van der Waals surface area contributed by atoms with Crippen molar-refractivity contribution in [3.63, 3.8) is 0 Å². The van der Waals surface area contributed by atoms with Crippen molar-refractivity contribution in [2.75, 3.05) is 23.3 Å². The lowest BCUT2D eigenvalue weighted by Crippen LogP contribution is -2.29. The maximum Gasteiger partial charge on any atom is 0.257 e. The van der Waals surface area contributed by atoms with E-state index in [-0.39, 0.29) is 5.91 Å². The van der Waals surface area contributed by atoms with Gasteiger partial charge in [0.25, 0.3) is 5.91 Å². The van der Waals surface area contributed by atoms with Gasteiger partial charge in [0, 0.05) is 25.0 Å². The Labute approximate surface area is 143 Å². The maximum absolute atomic E-state index is 12.7. The summed E-state index contributed by atoms with van der Waals surface area (Å²) in [6, 6.07) is 8.07. The van der Waals surface area contributed by atoms with Crippen LogP contribution in [-0.2, 0) is 6.42 Å². The van der Waals surface area contributed by atoms with E-state index < -0.39 is 0 Å². The number of pyridine rings is 1. The minimum Gasteiger partial charge on any atom is -0.370 e. The van der Waals surface area contributed by atoms with Crippen LogP contribution in [0.1, 0.15) is 47.7 Å². The highest BCUT2D eigenvalue weighted by atomic mass is 16.1. The van der Waals surface area contributed by atoms with Crippen molar-refractivity contribution in [3.8, 4) is 0 Å². The highest BCUT2D eigenvalue weighted by Crippen LogP contribution is 2.23. The van der Waals surface area contributed by atoms with Crippen LogP contribution in [0.15, 0.2) is 36.7 Å². The fourth-order valence-electron chi connectivity index (χ4n) is 3.26. The summed E-state index contributed by atoms with van der Waals surface area (Å²) in [5.41, 5.74) is 4.82. The van der Waals surface area contributed by atoms with E-state index >= 15 is 0 Å². The van der Waals surface area contributed by atoms with Crippen LogP contribution in [0.5, 0.6) is 0 Å². The Morgan fingerprint density at radius 1 is 1.21 bits per heavy atom. The maximum atomic E-state index is 12.7. The summed E-state index contributed by atoms with van der Waals surface area (Å²) in [5, 5.41) is 3.08. The zero-order valence-electron chi connectivity index (χ0n) is 14.5. The Morgan fingerprint density at radius 2 is 2.00 bits per heavy atom. The molecule has 2 heterocycles. The molecule has 1 aliphatic heterocycles. The van der Waals surface area contributed by atoms with Crippen LogP contribution in [0.4, 0.5) is 11.4 Å². The zero-order valence-corrected chi connectivity index (χ0v) is 14.5. The van der Waals surface area contributed by atoms with Crippen LogP contribution in [0.25, 0.3) is 0 Å². The molecule has 3 rings (SSSR count). The number of para-hydroxylation sites is 1. The molecule has 1 amide bonds. The second-order valence-corrected chi connectivity index (χ2v) is 6.40. The number of aromatic nitrogens is 1. The molecule has 0 saturated carbocycles. The smallest absolute Gasteiger partial charge is 0.257 e. The van der Waals surface area contributed by atoms with Crippen LogP contribution in [0.3, 0.4) is 0 Å². The molecular formula is C20H25N3O. The van der Waals surface area contributed by atoms with Crippen LogP contribution < -0.4 is 10.2 Å². The van der Waals surface area contributed by atoms with Crippen molar-refractivity contribution in [1.29, 1.82) is 0 Å². The first-order valence-corrected chi connectivity index (χ1v) is 8.79. The van der Waals surface area contributed by atoms with E-state index in [1.807, 2.05) is 31.3 Å². The quantitative estimate of drug-likeness (QED) is 0.917. The van der Waals surface area contributed by atoms with E-state index in [0.29, 0.717) is 5.56 Å². The van der Waals surface area contributed by atoms with E-state index in [1.165, 1.54) is 19.3 Å². The summed E-state index contributed by atoms with van der Waals surface area (Å²) < 4.78 is 0. The molecule has 1 fully saturated rings. The van der Waals surface area contributed by atoms with Gasteiger partial charge < -0.3 is 10.2 Å². The lowest BCUT2D eigenvalue weighted by Gasteiger charge is -2.28. The minimum absolute atomic E-state index is 0.0923. The molecule has 1 aromatic carbocycles. The van der Waals surface area contributed by atoms with Gasteiger partial charge in [-0.05, 0) is 49.8 Å². The molecule has 4 nitrogen and oxygen atoms in total. The Hall–Kier alpha value is -2.36. The molecule has 0 bridgehead atoms. The van der Waals surface area contributed by atoms with Gasteiger partial charge in [-0.3, -0.25) is 9.78 Å². The fraction of sp³-hybridized carbons (Fsp3) is 0.400. The number of carbonyl (C=O) groups is 1. The molecule has 0 spiro atoms. The van der Waals surface area contributed by atoms with Gasteiger partial charge in [-0.25, -0.2) is 0 Å². The normalized spacial score (nSPS) is 14.5. The van der Waals surface area contributed by atoms with Gasteiger partial charge in [0.2, 0.25) is 0 Å². The molecule has 24 heavy (non-hydrogen) atoms. The SMILES string of the molecule is CCc1cccc(C)c1NC(=O)c1cncc(N2CCCCC2)c1. The van der Waals surface area contributed by atoms with Crippen molar-refractivity contribution in [2.45, 2.75) is 39.5 Å². The van der Waals surface area contributed by atoms with Gasteiger partial charge in [0.15, 0.2) is 0 Å².